The molecule has 21 heavy (non-hydrogen) atoms. The molecule has 0 aliphatic heterocycles. The predicted octanol–water partition coefficient (Wildman–Crippen LogP) is 4.40. The summed E-state index contributed by atoms with van der Waals surface area (Å²) in [6.45, 7) is 0. The van der Waals surface area contributed by atoms with E-state index in [1.807, 2.05) is 41.8 Å². The maximum Gasteiger partial charge on any atom is 0.158 e. The van der Waals surface area contributed by atoms with Crippen LogP contribution in [-0.4, -0.2) is 19.9 Å². The number of halogens is 1. The van der Waals surface area contributed by atoms with Crippen LogP contribution in [-0.2, 0) is 0 Å². The van der Waals surface area contributed by atoms with E-state index < -0.39 is 0 Å². The first-order valence-corrected chi connectivity index (χ1v) is 7.58. The molecule has 0 bridgehead atoms. The molecule has 4 rings (SSSR count). The summed E-state index contributed by atoms with van der Waals surface area (Å²) in [5.41, 5.74) is 3.34. The van der Waals surface area contributed by atoms with E-state index in [0.717, 1.165) is 33.3 Å². The normalized spacial score (nSPS) is 11.1. The minimum atomic E-state index is 0.634. The molecular weight excluding hydrogens is 304 g/mol. The van der Waals surface area contributed by atoms with Crippen LogP contribution in [0.25, 0.3) is 33.3 Å². The fourth-order valence-electron chi connectivity index (χ4n) is 2.11. The Bertz CT molecular complexity index is 914. The van der Waals surface area contributed by atoms with Gasteiger partial charge in [-0.25, -0.2) is 9.97 Å². The number of imidazole rings is 1. The zero-order chi connectivity index (χ0) is 14.2. The Hall–Kier alpha value is -2.24. The SMILES string of the molecule is Clc1cccc2[nH]c(-c3csc(-c4ccccn4)n3)nc12. The number of nitrogens with zero attached hydrogens (tertiary/aromatic N) is 3. The molecule has 1 N–H and O–H groups in total. The van der Waals surface area contributed by atoms with E-state index in [9.17, 15) is 0 Å². The topological polar surface area (TPSA) is 54.5 Å². The molecule has 4 nitrogen and oxygen atoms in total. The highest BCUT2D eigenvalue weighted by Gasteiger charge is 2.12. The molecule has 0 radical (unpaired) electrons. The monoisotopic (exact) mass is 312 g/mol. The molecule has 0 atom stereocenters. The minimum absolute atomic E-state index is 0.634. The van der Waals surface area contributed by atoms with Gasteiger partial charge in [0.05, 0.1) is 16.2 Å². The number of rotatable bonds is 2. The summed E-state index contributed by atoms with van der Waals surface area (Å²) in [7, 11) is 0. The van der Waals surface area contributed by atoms with Crippen LogP contribution in [0.5, 0.6) is 0 Å². The van der Waals surface area contributed by atoms with Gasteiger partial charge in [-0.2, -0.15) is 0 Å². The lowest BCUT2D eigenvalue weighted by molar-refractivity contribution is 1.25. The molecular formula is C15H9ClN4S. The maximum atomic E-state index is 6.15. The standard InChI is InChI=1S/C15H9ClN4S/c16-9-4-3-6-10-13(9)20-14(18-10)12-8-21-15(19-12)11-5-1-2-7-17-11/h1-8H,(H,18,20). The molecule has 102 valence electrons. The second-order valence-corrected chi connectivity index (χ2v) is 5.74. The lowest BCUT2D eigenvalue weighted by atomic mass is 10.3. The average Bonchev–Trinajstić information content (AvgIpc) is 3.15. The van der Waals surface area contributed by atoms with Crippen molar-refractivity contribution in [3.63, 3.8) is 0 Å². The van der Waals surface area contributed by atoms with Gasteiger partial charge in [0.15, 0.2) is 5.82 Å². The summed E-state index contributed by atoms with van der Waals surface area (Å²) >= 11 is 7.69. The van der Waals surface area contributed by atoms with E-state index in [-0.39, 0.29) is 0 Å². The molecule has 0 aliphatic rings. The fourth-order valence-corrected chi connectivity index (χ4v) is 3.10. The van der Waals surface area contributed by atoms with Gasteiger partial charge in [-0.3, -0.25) is 4.98 Å². The van der Waals surface area contributed by atoms with Crippen molar-refractivity contribution < 1.29 is 0 Å². The number of fused-ring (bicyclic) bond motifs is 1. The summed E-state index contributed by atoms with van der Waals surface area (Å²) in [4.78, 5) is 16.7. The quantitative estimate of drug-likeness (QED) is 0.597. The molecule has 0 spiro atoms. The van der Waals surface area contributed by atoms with Crippen LogP contribution in [0.1, 0.15) is 0 Å². The maximum absolute atomic E-state index is 6.15. The highest BCUT2D eigenvalue weighted by atomic mass is 35.5. The van der Waals surface area contributed by atoms with Gasteiger partial charge >= 0.3 is 0 Å². The third-order valence-corrected chi connectivity index (χ3v) is 4.26. The smallest absolute Gasteiger partial charge is 0.158 e. The van der Waals surface area contributed by atoms with Crippen LogP contribution in [0.15, 0.2) is 48.0 Å². The highest BCUT2D eigenvalue weighted by molar-refractivity contribution is 7.13. The Morgan fingerprint density at radius 3 is 2.76 bits per heavy atom. The molecule has 3 heterocycles. The van der Waals surface area contributed by atoms with E-state index in [0.29, 0.717) is 5.02 Å². The molecule has 6 heteroatoms. The first-order valence-electron chi connectivity index (χ1n) is 6.33. The summed E-state index contributed by atoms with van der Waals surface area (Å²) in [5.74, 6) is 0.719. The van der Waals surface area contributed by atoms with Crippen molar-refractivity contribution in [2.45, 2.75) is 0 Å². The Labute approximate surface area is 129 Å². The van der Waals surface area contributed by atoms with Gasteiger partial charge in [-0.15, -0.1) is 11.3 Å². The second kappa shape index (κ2) is 4.95. The number of nitrogens with one attached hydrogen (secondary N) is 1. The first-order chi connectivity index (χ1) is 10.3. The lowest BCUT2D eigenvalue weighted by Gasteiger charge is -1.92. The highest BCUT2D eigenvalue weighted by Crippen LogP contribution is 2.29. The molecule has 1 aromatic carbocycles. The number of aromatic nitrogens is 4. The van der Waals surface area contributed by atoms with Gasteiger partial charge in [0.1, 0.15) is 16.2 Å². The van der Waals surface area contributed by atoms with Gasteiger partial charge in [-0.05, 0) is 24.3 Å². The second-order valence-electron chi connectivity index (χ2n) is 4.47. The van der Waals surface area contributed by atoms with E-state index >= 15 is 0 Å². The van der Waals surface area contributed by atoms with Gasteiger partial charge in [-0.1, -0.05) is 23.7 Å². The zero-order valence-electron chi connectivity index (χ0n) is 10.7. The number of benzene rings is 1. The van der Waals surface area contributed by atoms with Gasteiger partial charge in [0.25, 0.3) is 0 Å². The van der Waals surface area contributed by atoms with Crippen molar-refractivity contribution in [1.29, 1.82) is 0 Å². The Morgan fingerprint density at radius 2 is 1.95 bits per heavy atom. The lowest BCUT2D eigenvalue weighted by Crippen LogP contribution is -1.83. The molecule has 4 aromatic rings. The number of para-hydroxylation sites is 1. The number of hydrogen-bond acceptors (Lipinski definition) is 4. The molecule has 0 amide bonds. The summed E-state index contributed by atoms with van der Waals surface area (Å²) < 4.78 is 0. The van der Waals surface area contributed by atoms with Crippen LogP contribution < -0.4 is 0 Å². The zero-order valence-corrected chi connectivity index (χ0v) is 12.3. The summed E-state index contributed by atoms with van der Waals surface area (Å²) in [5, 5.41) is 3.47. The van der Waals surface area contributed by atoms with E-state index in [1.165, 1.54) is 0 Å². The molecule has 0 saturated heterocycles. The number of thiazole rings is 1. The number of pyridine rings is 1. The molecule has 0 saturated carbocycles. The van der Waals surface area contributed by atoms with Crippen molar-refractivity contribution in [3.05, 3.63) is 53.0 Å². The Morgan fingerprint density at radius 1 is 1.00 bits per heavy atom. The summed E-state index contributed by atoms with van der Waals surface area (Å²) in [6, 6.07) is 11.5. The number of hydrogen-bond donors (Lipinski definition) is 1. The summed E-state index contributed by atoms with van der Waals surface area (Å²) in [6.07, 6.45) is 1.76. The predicted molar refractivity (Wildman–Crippen MR) is 85.4 cm³/mol. The van der Waals surface area contributed by atoms with Crippen molar-refractivity contribution in [1.82, 2.24) is 19.9 Å². The molecule has 3 aromatic heterocycles. The van der Waals surface area contributed by atoms with Gasteiger partial charge in [0, 0.05) is 11.6 Å². The Balaban J connectivity index is 1.79. The third-order valence-electron chi connectivity index (χ3n) is 3.09. The van der Waals surface area contributed by atoms with Crippen molar-refractivity contribution >= 4 is 34.0 Å². The van der Waals surface area contributed by atoms with Crippen LogP contribution in [0.2, 0.25) is 5.02 Å². The van der Waals surface area contributed by atoms with Crippen LogP contribution >= 0.6 is 22.9 Å². The Kier molecular flexibility index (Phi) is 2.94. The largest absolute Gasteiger partial charge is 0.337 e. The van der Waals surface area contributed by atoms with Crippen molar-refractivity contribution in [3.8, 4) is 22.2 Å². The van der Waals surface area contributed by atoms with Crippen molar-refractivity contribution in [2.75, 3.05) is 0 Å². The third kappa shape index (κ3) is 2.20. The first kappa shape index (κ1) is 12.5. The minimum Gasteiger partial charge on any atom is -0.337 e. The van der Waals surface area contributed by atoms with E-state index in [2.05, 4.69) is 19.9 Å². The van der Waals surface area contributed by atoms with Crippen molar-refractivity contribution in [2.24, 2.45) is 0 Å². The molecule has 0 aliphatic carbocycles. The average molecular weight is 313 g/mol. The molecule has 0 unspecified atom stereocenters. The van der Waals surface area contributed by atoms with Crippen LogP contribution in [0.3, 0.4) is 0 Å². The number of H-pyrrole nitrogens is 1. The van der Waals surface area contributed by atoms with Crippen LogP contribution in [0, 0.1) is 0 Å². The van der Waals surface area contributed by atoms with E-state index in [1.54, 1.807) is 17.5 Å². The number of aromatic amines is 1. The van der Waals surface area contributed by atoms with E-state index in [4.69, 9.17) is 11.6 Å². The van der Waals surface area contributed by atoms with Gasteiger partial charge in [0.2, 0.25) is 0 Å². The molecule has 0 fully saturated rings. The van der Waals surface area contributed by atoms with Gasteiger partial charge < -0.3 is 4.98 Å². The van der Waals surface area contributed by atoms with Crippen LogP contribution in [0.4, 0.5) is 0 Å². The fraction of sp³-hybridized carbons (Fsp3) is 0.